The van der Waals surface area contributed by atoms with E-state index in [1.807, 2.05) is 25.1 Å². The normalized spacial score (nSPS) is 16.8. The summed E-state index contributed by atoms with van der Waals surface area (Å²) in [6, 6.07) is 5.50. The molecular weight excluding hydrogens is 226 g/mol. The molecule has 0 radical (unpaired) electrons. The highest BCUT2D eigenvalue weighted by Gasteiger charge is 2.31. The van der Waals surface area contributed by atoms with Crippen LogP contribution >= 0.6 is 0 Å². The summed E-state index contributed by atoms with van der Waals surface area (Å²) in [5, 5.41) is 3.03. The van der Waals surface area contributed by atoms with Crippen LogP contribution in [0.5, 0.6) is 0 Å². The Kier molecular flexibility index (Phi) is 3.57. The predicted octanol–water partition coefficient (Wildman–Crippen LogP) is 2.20. The zero-order valence-electron chi connectivity index (χ0n) is 11.0. The number of carbonyl (C=O) groups excluding carboxylic acids is 1. The second kappa shape index (κ2) is 4.98. The van der Waals surface area contributed by atoms with Crippen LogP contribution in [0.4, 0.5) is 5.69 Å². The molecule has 1 aliphatic rings. The van der Waals surface area contributed by atoms with E-state index in [-0.39, 0.29) is 5.91 Å². The molecule has 0 spiro atoms. The Hall–Kier alpha value is -1.55. The molecule has 0 unspecified atom stereocenters. The molecule has 1 aromatic rings. The largest absolute Gasteiger partial charge is 0.351 e. The van der Waals surface area contributed by atoms with Gasteiger partial charge in [-0.1, -0.05) is 13.3 Å². The van der Waals surface area contributed by atoms with Crippen LogP contribution in [0.25, 0.3) is 0 Å². The van der Waals surface area contributed by atoms with Gasteiger partial charge >= 0.3 is 0 Å². The van der Waals surface area contributed by atoms with Crippen LogP contribution in [0.1, 0.15) is 42.1 Å². The van der Waals surface area contributed by atoms with E-state index < -0.39 is 0 Å². The summed E-state index contributed by atoms with van der Waals surface area (Å²) in [4.78, 5) is 12.1. The van der Waals surface area contributed by atoms with Crippen molar-refractivity contribution in [3.8, 4) is 0 Å². The Labute approximate surface area is 108 Å². The smallest absolute Gasteiger partial charge is 0.251 e. The van der Waals surface area contributed by atoms with E-state index in [2.05, 4.69) is 17.7 Å². The van der Waals surface area contributed by atoms with Crippen molar-refractivity contribution in [1.82, 2.24) is 5.32 Å². The van der Waals surface area contributed by atoms with Gasteiger partial charge in [0.05, 0.1) is 0 Å². The van der Waals surface area contributed by atoms with Gasteiger partial charge in [0.1, 0.15) is 0 Å². The standard InChI is InChI=1S/C14H21N3O/c1-10-8-11(17-15)4-5-12(10)13(18)16-9-14(2)6-3-7-14/h4-5,8,17H,3,6-7,9,15H2,1-2H3,(H,16,18). The Morgan fingerprint density at radius 2 is 2.17 bits per heavy atom. The number of nitrogens with one attached hydrogen (secondary N) is 2. The molecule has 0 bridgehead atoms. The summed E-state index contributed by atoms with van der Waals surface area (Å²) in [5.41, 5.74) is 5.35. The summed E-state index contributed by atoms with van der Waals surface area (Å²) in [6.45, 7) is 4.91. The van der Waals surface area contributed by atoms with Crippen LogP contribution in [0, 0.1) is 12.3 Å². The van der Waals surface area contributed by atoms with E-state index in [0.717, 1.165) is 23.4 Å². The molecule has 0 aromatic heterocycles. The lowest BCUT2D eigenvalue weighted by atomic mass is 9.70. The number of carbonyl (C=O) groups is 1. The van der Waals surface area contributed by atoms with Gasteiger partial charge in [-0.25, -0.2) is 0 Å². The van der Waals surface area contributed by atoms with Crippen molar-refractivity contribution in [2.24, 2.45) is 11.3 Å². The molecule has 1 amide bonds. The lowest BCUT2D eigenvalue weighted by Gasteiger charge is -2.38. The van der Waals surface area contributed by atoms with E-state index in [0.29, 0.717) is 5.41 Å². The fourth-order valence-corrected chi connectivity index (χ4v) is 2.35. The molecule has 0 saturated heterocycles. The highest BCUT2D eigenvalue weighted by Crippen LogP contribution is 2.39. The van der Waals surface area contributed by atoms with Crippen LogP contribution < -0.4 is 16.6 Å². The minimum Gasteiger partial charge on any atom is -0.351 e. The van der Waals surface area contributed by atoms with E-state index in [4.69, 9.17) is 5.84 Å². The van der Waals surface area contributed by atoms with Crippen LogP contribution in [0.15, 0.2) is 18.2 Å². The van der Waals surface area contributed by atoms with Crippen LogP contribution in [0.2, 0.25) is 0 Å². The average Bonchev–Trinajstić information content (AvgIpc) is 2.33. The highest BCUT2D eigenvalue weighted by molar-refractivity contribution is 5.96. The van der Waals surface area contributed by atoms with Crippen molar-refractivity contribution in [2.75, 3.05) is 12.0 Å². The van der Waals surface area contributed by atoms with Gasteiger partial charge in [-0.05, 0) is 48.9 Å². The highest BCUT2D eigenvalue weighted by atomic mass is 16.1. The summed E-state index contributed by atoms with van der Waals surface area (Å²) < 4.78 is 0. The van der Waals surface area contributed by atoms with E-state index in [9.17, 15) is 4.79 Å². The third-order valence-corrected chi connectivity index (χ3v) is 3.87. The summed E-state index contributed by atoms with van der Waals surface area (Å²) in [5.74, 6) is 5.34. The van der Waals surface area contributed by atoms with Crippen LogP contribution in [0.3, 0.4) is 0 Å². The Morgan fingerprint density at radius 3 is 2.67 bits per heavy atom. The number of amides is 1. The van der Waals surface area contributed by atoms with E-state index in [1.165, 1.54) is 19.3 Å². The van der Waals surface area contributed by atoms with Crippen molar-refractivity contribution in [2.45, 2.75) is 33.1 Å². The maximum absolute atomic E-state index is 12.1. The van der Waals surface area contributed by atoms with Crippen LogP contribution in [-0.4, -0.2) is 12.5 Å². The quantitative estimate of drug-likeness (QED) is 0.564. The van der Waals surface area contributed by atoms with Crippen molar-refractivity contribution in [1.29, 1.82) is 0 Å². The van der Waals surface area contributed by atoms with Gasteiger partial charge in [0.2, 0.25) is 0 Å². The molecule has 0 aliphatic heterocycles. The Morgan fingerprint density at radius 1 is 1.44 bits per heavy atom. The minimum absolute atomic E-state index is 0.00389. The summed E-state index contributed by atoms with van der Waals surface area (Å²) in [6.07, 6.45) is 3.70. The molecule has 18 heavy (non-hydrogen) atoms. The first-order valence-electron chi connectivity index (χ1n) is 6.40. The molecule has 1 saturated carbocycles. The summed E-state index contributed by atoms with van der Waals surface area (Å²) in [7, 11) is 0. The van der Waals surface area contributed by atoms with Gasteiger partial charge in [-0.15, -0.1) is 0 Å². The first kappa shape index (κ1) is 12.9. The first-order chi connectivity index (χ1) is 8.54. The maximum Gasteiger partial charge on any atom is 0.251 e. The molecule has 0 heterocycles. The molecule has 4 N–H and O–H groups in total. The van der Waals surface area contributed by atoms with Gasteiger partial charge in [-0.3, -0.25) is 10.6 Å². The first-order valence-corrected chi connectivity index (χ1v) is 6.40. The number of nitrogens with two attached hydrogens (primary N) is 1. The number of hydrogen-bond acceptors (Lipinski definition) is 3. The Bertz CT molecular complexity index is 452. The topological polar surface area (TPSA) is 67.1 Å². The predicted molar refractivity (Wildman–Crippen MR) is 73.3 cm³/mol. The third kappa shape index (κ3) is 2.64. The van der Waals surface area contributed by atoms with Crippen molar-refractivity contribution in [3.63, 3.8) is 0 Å². The minimum atomic E-state index is 0.00389. The molecular formula is C14H21N3O. The number of benzene rings is 1. The second-order valence-electron chi connectivity index (χ2n) is 5.52. The molecule has 1 fully saturated rings. The van der Waals surface area contributed by atoms with E-state index in [1.54, 1.807) is 0 Å². The zero-order valence-corrected chi connectivity index (χ0v) is 11.0. The maximum atomic E-state index is 12.1. The van der Waals surface area contributed by atoms with Gasteiger partial charge in [-0.2, -0.15) is 0 Å². The Balaban J connectivity index is 2.00. The number of nitrogen functional groups attached to an aromatic ring is 1. The second-order valence-corrected chi connectivity index (χ2v) is 5.52. The van der Waals surface area contributed by atoms with E-state index >= 15 is 0 Å². The number of hydrogen-bond donors (Lipinski definition) is 3. The molecule has 2 rings (SSSR count). The summed E-state index contributed by atoms with van der Waals surface area (Å²) >= 11 is 0. The number of anilines is 1. The van der Waals surface area contributed by atoms with Crippen molar-refractivity contribution in [3.05, 3.63) is 29.3 Å². The molecule has 0 atom stereocenters. The molecule has 4 heteroatoms. The van der Waals surface area contributed by atoms with Crippen molar-refractivity contribution >= 4 is 11.6 Å². The number of hydrazine groups is 1. The van der Waals surface area contributed by atoms with Crippen LogP contribution in [-0.2, 0) is 0 Å². The number of aryl methyl sites for hydroxylation is 1. The number of rotatable bonds is 4. The van der Waals surface area contributed by atoms with Gasteiger partial charge < -0.3 is 10.7 Å². The monoisotopic (exact) mass is 247 g/mol. The lowest BCUT2D eigenvalue weighted by molar-refractivity contribution is 0.0890. The van der Waals surface area contributed by atoms with Crippen molar-refractivity contribution < 1.29 is 4.79 Å². The zero-order chi connectivity index (χ0) is 13.2. The molecule has 1 aromatic carbocycles. The molecule has 4 nitrogen and oxygen atoms in total. The van der Waals surface area contributed by atoms with Gasteiger partial charge in [0.25, 0.3) is 5.91 Å². The van der Waals surface area contributed by atoms with Gasteiger partial charge in [0, 0.05) is 17.8 Å². The molecule has 1 aliphatic carbocycles. The third-order valence-electron chi connectivity index (χ3n) is 3.87. The molecule has 98 valence electrons. The lowest BCUT2D eigenvalue weighted by Crippen LogP contribution is -2.40. The SMILES string of the molecule is Cc1cc(NN)ccc1C(=O)NCC1(C)CCC1. The van der Waals surface area contributed by atoms with Gasteiger partial charge in [0.15, 0.2) is 0 Å². The fraction of sp³-hybridized carbons (Fsp3) is 0.500. The average molecular weight is 247 g/mol. The fourth-order valence-electron chi connectivity index (χ4n) is 2.35.